The van der Waals surface area contributed by atoms with Crippen LogP contribution in [0.3, 0.4) is 0 Å². The molecule has 2 N–H and O–H groups in total. The second kappa shape index (κ2) is 5.82. The Bertz CT molecular complexity index is 495. The van der Waals surface area contributed by atoms with Crippen LogP contribution in [0.15, 0.2) is 18.2 Å². The zero-order valence-corrected chi connectivity index (χ0v) is 11.3. The fourth-order valence-corrected chi connectivity index (χ4v) is 1.88. The van der Waals surface area contributed by atoms with Gasteiger partial charge in [-0.2, -0.15) is 0 Å². The number of hydrogen-bond acceptors (Lipinski definition) is 2. The molecule has 0 radical (unpaired) electrons. The smallest absolute Gasteiger partial charge is 0.329 e. The van der Waals surface area contributed by atoms with Gasteiger partial charge in [-0.15, -0.1) is 0 Å². The fourth-order valence-electron chi connectivity index (χ4n) is 1.88. The Kier molecular flexibility index (Phi) is 4.64. The molecular formula is C14H18FNO3. The molecule has 0 bridgehead atoms. The predicted molar refractivity (Wildman–Crippen MR) is 69.6 cm³/mol. The number of halogens is 1. The Balaban J connectivity index is 3.07. The number of aliphatic carboxylic acids is 1. The zero-order chi connectivity index (χ0) is 14.6. The lowest BCUT2D eigenvalue weighted by Gasteiger charge is -2.28. The van der Waals surface area contributed by atoms with Gasteiger partial charge in [-0.05, 0) is 31.9 Å². The van der Waals surface area contributed by atoms with Crippen LogP contribution in [-0.2, 0) is 4.79 Å². The molecule has 0 aliphatic rings. The van der Waals surface area contributed by atoms with Crippen molar-refractivity contribution in [1.29, 1.82) is 0 Å². The number of rotatable bonds is 5. The van der Waals surface area contributed by atoms with Crippen LogP contribution >= 0.6 is 0 Å². The van der Waals surface area contributed by atoms with Gasteiger partial charge >= 0.3 is 5.97 Å². The van der Waals surface area contributed by atoms with E-state index in [2.05, 4.69) is 5.32 Å². The third-order valence-electron chi connectivity index (χ3n) is 3.34. The van der Waals surface area contributed by atoms with E-state index in [1.165, 1.54) is 12.1 Å². The molecule has 0 saturated carbocycles. The maximum atomic E-state index is 13.6. The molecule has 1 rings (SSSR count). The summed E-state index contributed by atoms with van der Waals surface area (Å²) < 4.78 is 13.6. The topological polar surface area (TPSA) is 66.4 Å². The van der Waals surface area contributed by atoms with E-state index in [4.69, 9.17) is 0 Å². The molecule has 0 aliphatic heterocycles. The van der Waals surface area contributed by atoms with Crippen LogP contribution in [-0.4, -0.2) is 22.5 Å². The molecule has 0 spiro atoms. The first kappa shape index (κ1) is 15.1. The molecule has 19 heavy (non-hydrogen) atoms. The van der Waals surface area contributed by atoms with Gasteiger partial charge < -0.3 is 10.4 Å². The molecule has 1 amide bonds. The first-order chi connectivity index (χ1) is 8.86. The normalized spacial score (nSPS) is 11.2. The van der Waals surface area contributed by atoms with Crippen molar-refractivity contribution in [3.05, 3.63) is 35.1 Å². The first-order valence-electron chi connectivity index (χ1n) is 6.18. The van der Waals surface area contributed by atoms with E-state index in [9.17, 15) is 19.1 Å². The van der Waals surface area contributed by atoms with E-state index in [0.717, 1.165) is 5.56 Å². The number of aryl methyl sites for hydroxylation is 1. The lowest BCUT2D eigenvalue weighted by molar-refractivity contribution is -0.144. The Morgan fingerprint density at radius 2 is 1.89 bits per heavy atom. The quantitative estimate of drug-likeness (QED) is 0.861. The Labute approximate surface area is 111 Å². The van der Waals surface area contributed by atoms with Crippen LogP contribution in [0.1, 0.15) is 42.6 Å². The molecular weight excluding hydrogens is 249 g/mol. The minimum Gasteiger partial charge on any atom is -0.480 e. The maximum absolute atomic E-state index is 13.6. The summed E-state index contributed by atoms with van der Waals surface area (Å²) in [6.45, 7) is 5.08. The summed E-state index contributed by atoms with van der Waals surface area (Å²) in [6.07, 6.45) is 0.468. The third-order valence-corrected chi connectivity index (χ3v) is 3.34. The summed E-state index contributed by atoms with van der Waals surface area (Å²) >= 11 is 0. The van der Waals surface area contributed by atoms with Gasteiger partial charge in [0.25, 0.3) is 5.91 Å². The monoisotopic (exact) mass is 267 g/mol. The number of amides is 1. The van der Waals surface area contributed by atoms with E-state index in [-0.39, 0.29) is 18.4 Å². The van der Waals surface area contributed by atoms with Gasteiger partial charge in [0.05, 0.1) is 5.56 Å². The van der Waals surface area contributed by atoms with Crippen molar-refractivity contribution in [1.82, 2.24) is 5.32 Å². The highest BCUT2D eigenvalue weighted by Gasteiger charge is 2.37. The van der Waals surface area contributed by atoms with E-state index in [0.29, 0.717) is 0 Å². The highest BCUT2D eigenvalue weighted by molar-refractivity contribution is 5.98. The summed E-state index contributed by atoms with van der Waals surface area (Å²) in [5, 5.41) is 11.7. The van der Waals surface area contributed by atoms with Crippen LogP contribution in [0.2, 0.25) is 0 Å². The third kappa shape index (κ3) is 3.10. The average molecular weight is 267 g/mol. The molecule has 0 unspecified atom stereocenters. The number of benzene rings is 1. The van der Waals surface area contributed by atoms with Gasteiger partial charge in [-0.25, -0.2) is 9.18 Å². The Morgan fingerprint density at radius 1 is 1.32 bits per heavy atom. The zero-order valence-electron chi connectivity index (χ0n) is 11.3. The highest BCUT2D eigenvalue weighted by atomic mass is 19.1. The van der Waals surface area contributed by atoms with Gasteiger partial charge in [0, 0.05) is 0 Å². The number of hydrogen-bond donors (Lipinski definition) is 2. The van der Waals surface area contributed by atoms with E-state index in [1.54, 1.807) is 26.8 Å². The number of carboxylic acids is 1. The molecule has 5 heteroatoms. The van der Waals surface area contributed by atoms with Crippen LogP contribution < -0.4 is 5.32 Å². The second-order valence-corrected chi connectivity index (χ2v) is 4.53. The van der Waals surface area contributed by atoms with E-state index >= 15 is 0 Å². The standard InChI is InChI=1S/C14H18FNO3/c1-4-14(5-2,13(18)19)16-12(17)10-8-9(3)6-7-11(10)15/h6-8H,4-5H2,1-3H3,(H,16,17)(H,18,19). The van der Waals surface area contributed by atoms with E-state index < -0.39 is 23.2 Å². The van der Waals surface area contributed by atoms with E-state index in [1.807, 2.05) is 0 Å². The number of carbonyl (C=O) groups is 2. The van der Waals surface area contributed by atoms with Gasteiger partial charge in [0.15, 0.2) is 0 Å². The molecule has 0 aromatic heterocycles. The van der Waals surface area contributed by atoms with Crippen molar-refractivity contribution in [3.63, 3.8) is 0 Å². The summed E-state index contributed by atoms with van der Waals surface area (Å²) in [4.78, 5) is 23.3. The lowest BCUT2D eigenvalue weighted by Crippen LogP contribution is -2.53. The molecule has 0 aliphatic carbocycles. The first-order valence-corrected chi connectivity index (χ1v) is 6.18. The number of carboxylic acid groups (broad SMARTS) is 1. The lowest BCUT2D eigenvalue weighted by atomic mass is 9.92. The van der Waals surface area contributed by atoms with Crippen molar-refractivity contribution >= 4 is 11.9 Å². The molecule has 1 aromatic carbocycles. The number of carbonyl (C=O) groups excluding carboxylic acids is 1. The van der Waals surface area contributed by atoms with Crippen molar-refractivity contribution in [3.8, 4) is 0 Å². The number of nitrogens with one attached hydrogen (secondary N) is 1. The van der Waals surface area contributed by atoms with Gasteiger partial charge in [0.2, 0.25) is 0 Å². The van der Waals surface area contributed by atoms with Crippen LogP contribution in [0.4, 0.5) is 4.39 Å². The highest BCUT2D eigenvalue weighted by Crippen LogP contribution is 2.18. The van der Waals surface area contributed by atoms with Crippen LogP contribution in [0.5, 0.6) is 0 Å². The van der Waals surface area contributed by atoms with Crippen molar-refractivity contribution in [2.45, 2.75) is 39.2 Å². The van der Waals surface area contributed by atoms with Gasteiger partial charge in [0.1, 0.15) is 11.4 Å². The summed E-state index contributed by atoms with van der Waals surface area (Å²) in [7, 11) is 0. The molecule has 0 atom stereocenters. The minimum absolute atomic E-state index is 0.132. The van der Waals surface area contributed by atoms with Crippen LogP contribution in [0, 0.1) is 12.7 Å². The Morgan fingerprint density at radius 3 is 2.37 bits per heavy atom. The maximum Gasteiger partial charge on any atom is 0.329 e. The summed E-state index contributed by atoms with van der Waals surface area (Å²) in [5.74, 6) is -2.47. The summed E-state index contributed by atoms with van der Waals surface area (Å²) in [6, 6.07) is 4.16. The van der Waals surface area contributed by atoms with Gasteiger partial charge in [-0.1, -0.05) is 25.5 Å². The van der Waals surface area contributed by atoms with Crippen molar-refractivity contribution < 1.29 is 19.1 Å². The molecule has 104 valence electrons. The molecule has 0 saturated heterocycles. The largest absolute Gasteiger partial charge is 0.480 e. The minimum atomic E-state index is -1.35. The van der Waals surface area contributed by atoms with Gasteiger partial charge in [-0.3, -0.25) is 4.79 Å². The second-order valence-electron chi connectivity index (χ2n) is 4.53. The average Bonchev–Trinajstić information content (AvgIpc) is 2.38. The predicted octanol–water partition coefficient (Wildman–Crippen LogP) is 2.51. The molecule has 4 nitrogen and oxygen atoms in total. The molecule has 0 heterocycles. The van der Waals surface area contributed by atoms with Crippen molar-refractivity contribution in [2.75, 3.05) is 0 Å². The Hall–Kier alpha value is -1.91. The van der Waals surface area contributed by atoms with Crippen molar-refractivity contribution in [2.24, 2.45) is 0 Å². The SMILES string of the molecule is CCC(CC)(NC(=O)c1cc(C)ccc1F)C(=O)O. The molecule has 0 fully saturated rings. The fraction of sp³-hybridized carbons (Fsp3) is 0.429. The summed E-state index contributed by atoms with van der Waals surface area (Å²) in [5.41, 5.74) is -0.749. The molecule has 1 aromatic rings. The van der Waals surface area contributed by atoms with Crippen LogP contribution in [0.25, 0.3) is 0 Å².